The van der Waals surface area contributed by atoms with E-state index in [1.807, 2.05) is 54.6 Å². The van der Waals surface area contributed by atoms with Gasteiger partial charge in [-0.05, 0) is 59.0 Å². The first-order valence-electron chi connectivity index (χ1n) is 4.57. The first-order valence-corrected chi connectivity index (χ1v) is 5.65. The zero-order chi connectivity index (χ0) is 10.5. The molecular weight excluding hydrogens is 299 g/mol. The summed E-state index contributed by atoms with van der Waals surface area (Å²) < 4.78 is 1.20. The quantitative estimate of drug-likeness (QED) is 0.567. The summed E-state index contributed by atoms with van der Waals surface area (Å²) in [5.41, 5.74) is 1.75. The molecule has 0 N–H and O–H groups in total. The van der Waals surface area contributed by atoms with Crippen LogP contribution < -0.4 is 0 Å². The third-order valence-corrected chi connectivity index (χ3v) is 2.58. The van der Waals surface area contributed by atoms with Crippen molar-refractivity contribution in [2.24, 2.45) is 10.2 Å². The van der Waals surface area contributed by atoms with Gasteiger partial charge in [0.1, 0.15) is 0 Å². The molecule has 0 saturated heterocycles. The molecule has 2 aromatic rings. The monoisotopic (exact) mass is 308 g/mol. The average Bonchev–Trinajstić information content (AvgIpc) is 2.30. The highest BCUT2D eigenvalue weighted by Crippen LogP contribution is 2.18. The maximum absolute atomic E-state index is 4.14. The van der Waals surface area contributed by atoms with Gasteiger partial charge < -0.3 is 0 Å². The van der Waals surface area contributed by atoms with Crippen molar-refractivity contribution in [1.82, 2.24) is 0 Å². The Bertz CT molecular complexity index is 449. The van der Waals surface area contributed by atoms with Gasteiger partial charge in [0, 0.05) is 3.57 Å². The van der Waals surface area contributed by atoms with Crippen molar-refractivity contribution < 1.29 is 0 Å². The molecule has 0 amide bonds. The number of nitrogens with zero attached hydrogens (tertiary/aromatic N) is 2. The lowest BCUT2D eigenvalue weighted by Crippen LogP contribution is -1.67. The van der Waals surface area contributed by atoms with Crippen molar-refractivity contribution in [1.29, 1.82) is 0 Å². The smallest absolute Gasteiger partial charge is 0.0857 e. The number of rotatable bonds is 2. The van der Waals surface area contributed by atoms with Crippen molar-refractivity contribution in [3.8, 4) is 0 Å². The van der Waals surface area contributed by atoms with Crippen LogP contribution in [0.1, 0.15) is 0 Å². The molecule has 0 unspecified atom stereocenters. The Morgan fingerprint density at radius 3 is 1.80 bits per heavy atom. The minimum Gasteiger partial charge on any atom is -0.151 e. The predicted molar refractivity (Wildman–Crippen MR) is 69.8 cm³/mol. The fourth-order valence-electron chi connectivity index (χ4n) is 1.12. The Balaban J connectivity index is 2.15. The number of hydrogen-bond acceptors (Lipinski definition) is 2. The summed E-state index contributed by atoms with van der Waals surface area (Å²) in [6.45, 7) is 0. The van der Waals surface area contributed by atoms with Gasteiger partial charge in [-0.1, -0.05) is 18.2 Å². The minimum atomic E-state index is 0.871. The summed E-state index contributed by atoms with van der Waals surface area (Å²) in [7, 11) is 0. The van der Waals surface area contributed by atoms with Gasteiger partial charge in [0.15, 0.2) is 0 Å². The first-order chi connectivity index (χ1) is 7.34. The van der Waals surface area contributed by atoms with E-state index in [1.54, 1.807) is 0 Å². The predicted octanol–water partition coefficient (Wildman–Crippen LogP) is 4.71. The highest BCUT2D eigenvalue weighted by molar-refractivity contribution is 14.1. The van der Waals surface area contributed by atoms with E-state index in [2.05, 4.69) is 32.8 Å². The van der Waals surface area contributed by atoms with E-state index in [0.717, 1.165) is 11.4 Å². The SMILES string of the molecule is Ic1ccc(N=Nc2ccccc2)cc1. The van der Waals surface area contributed by atoms with Crippen LogP contribution in [-0.2, 0) is 0 Å². The third kappa shape index (κ3) is 3.13. The molecule has 2 nitrogen and oxygen atoms in total. The van der Waals surface area contributed by atoms with Crippen molar-refractivity contribution in [2.75, 3.05) is 0 Å². The molecule has 0 radical (unpaired) electrons. The zero-order valence-electron chi connectivity index (χ0n) is 7.97. The van der Waals surface area contributed by atoms with Crippen LogP contribution in [-0.4, -0.2) is 0 Å². The van der Waals surface area contributed by atoms with Gasteiger partial charge in [-0.25, -0.2) is 0 Å². The van der Waals surface area contributed by atoms with E-state index in [4.69, 9.17) is 0 Å². The second-order valence-electron chi connectivity index (χ2n) is 3.01. The third-order valence-electron chi connectivity index (χ3n) is 1.86. The molecule has 0 spiro atoms. The van der Waals surface area contributed by atoms with E-state index >= 15 is 0 Å². The lowest BCUT2D eigenvalue weighted by molar-refractivity contribution is 1.23. The Kier molecular flexibility index (Phi) is 3.45. The van der Waals surface area contributed by atoms with Crippen LogP contribution in [0.4, 0.5) is 11.4 Å². The molecule has 15 heavy (non-hydrogen) atoms. The van der Waals surface area contributed by atoms with E-state index in [9.17, 15) is 0 Å². The molecule has 74 valence electrons. The Labute approximate surface area is 102 Å². The molecule has 0 atom stereocenters. The lowest BCUT2D eigenvalue weighted by atomic mass is 10.3. The van der Waals surface area contributed by atoms with Gasteiger partial charge >= 0.3 is 0 Å². The standard InChI is InChI=1S/C12H9IN2/c13-10-6-8-12(9-7-10)15-14-11-4-2-1-3-5-11/h1-9H. The minimum absolute atomic E-state index is 0.871. The van der Waals surface area contributed by atoms with Crippen LogP contribution in [0.2, 0.25) is 0 Å². The van der Waals surface area contributed by atoms with Gasteiger partial charge in [0.25, 0.3) is 0 Å². The zero-order valence-corrected chi connectivity index (χ0v) is 10.1. The number of hydrogen-bond donors (Lipinski definition) is 0. The summed E-state index contributed by atoms with van der Waals surface area (Å²) in [6.07, 6.45) is 0. The first kappa shape index (κ1) is 10.3. The summed E-state index contributed by atoms with van der Waals surface area (Å²) in [5.74, 6) is 0. The normalized spacial score (nSPS) is 10.7. The molecule has 2 aromatic carbocycles. The highest BCUT2D eigenvalue weighted by Gasteiger charge is 1.89. The second-order valence-corrected chi connectivity index (χ2v) is 4.26. The fraction of sp³-hybridized carbons (Fsp3) is 0. The van der Waals surface area contributed by atoms with E-state index in [1.165, 1.54) is 3.57 Å². The average molecular weight is 308 g/mol. The van der Waals surface area contributed by atoms with Gasteiger partial charge in [0.05, 0.1) is 11.4 Å². The molecule has 0 heterocycles. The van der Waals surface area contributed by atoms with Crippen LogP contribution in [0.5, 0.6) is 0 Å². The Morgan fingerprint density at radius 1 is 0.667 bits per heavy atom. The summed E-state index contributed by atoms with van der Waals surface area (Å²) in [6, 6.07) is 17.6. The molecule has 0 bridgehead atoms. The van der Waals surface area contributed by atoms with Crippen molar-refractivity contribution in [3.05, 3.63) is 58.2 Å². The van der Waals surface area contributed by atoms with Gasteiger partial charge in [-0.15, -0.1) is 0 Å². The Morgan fingerprint density at radius 2 is 1.20 bits per heavy atom. The fourth-order valence-corrected chi connectivity index (χ4v) is 1.48. The van der Waals surface area contributed by atoms with E-state index in [-0.39, 0.29) is 0 Å². The molecule has 0 fully saturated rings. The van der Waals surface area contributed by atoms with Gasteiger partial charge in [-0.3, -0.25) is 0 Å². The Hall–Kier alpha value is -1.23. The lowest BCUT2D eigenvalue weighted by Gasteiger charge is -1.93. The summed E-state index contributed by atoms with van der Waals surface area (Å²) in [4.78, 5) is 0. The molecule has 0 aromatic heterocycles. The molecule has 0 aliphatic rings. The van der Waals surface area contributed by atoms with Gasteiger partial charge in [0.2, 0.25) is 0 Å². The van der Waals surface area contributed by atoms with E-state index in [0.29, 0.717) is 0 Å². The van der Waals surface area contributed by atoms with Gasteiger partial charge in [-0.2, -0.15) is 10.2 Å². The number of halogens is 1. The highest BCUT2D eigenvalue weighted by atomic mass is 127. The molecule has 0 aliphatic heterocycles. The van der Waals surface area contributed by atoms with Crippen molar-refractivity contribution in [2.45, 2.75) is 0 Å². The maximum Gasteiger partial charge on any atom is 0.0857 e. The van der Waals surface area contributed by atoms with Crippen LogP contribution in [0.3, 0.4) is 0 Å². The number of azo groups is 1. The molecule has 0 aliphatic carbocycles. The largest absolute Gasteiger partial charge is 0.151 e. The van der Waals surface area contributed by atoms with Crippen LogP contribution in [0, 0.1) is 3.57 Å². The van der Waals surface area contributed by atoms with Crippen LogP contribution in [0.25, 0.3) is 0 Å². The molecular formula is C12H9IN2. The second kappa shape index (κ2) is 5.02. The topological polar surface area (TPSA) is 24.7 Å². The maximum atomic E-state index is 4.14. The summed E-state index contributed by atoms with van der Waals surface area (Å²) >= 11 is 2.26. The van der Waals surface area contributed by atoms with E-state index < -0.39 is 0 Å². The van der Waals surface area contributed by atoms with Crippen molar-refractivity contribution in [3.63, 3.8) is 0 Å². The molecule has 0 saturated carbocycles. The molecule has 3 heteroatoms. The molecule has 2 rings (SSSR count). The van der Waals surface area contributed by atoms with Crippen LogP contribution in [0.15, 0.2) is 64.8 Å². The number of benzene rings is 2. The van der Waals surface area contributed by atoms with Crippen LogP contribution >= 0.6 is 22.6 Å². The summed E-state index contributed by atoms with van der Waals surface area (Å²) in [5, 5.41) is 8.27. The van der Waals surface area contributed by atoms with Crippen molar-refractivity contribution >= 4 is 34.0 Å².